The Balaban J connectivity index is 2.24. The second kappa shape index (κ2) is 7.16. The summed E-state index contributed by atoms with van der Waals surface area (Å²) in [6, 6.07) is 2.09. The molecule has 5 nitrogen and oxygen atoms in total. The molecule has 0 bridgehead atoms. The second-order valence-electron chi connectivity index (χ2n) is 4.92. The maximum Gasteiger partial charge on any atom is 0.252 e. The zero-order valence-corrected chi connectivity index (χ0v) is 11.8. The largest absolute Gasteiger partial charge is 0.370 e. The number of hydrogen-bond acceptors (Lipinski definition) is 4. The van der Waals surface area contributed by atoms with Crippen molar-refractivity contribution in [2.24, 2.45) is 0 Å². The molecule has 0 unspecified atom stereocenters. The Morgan fingerprint density at radius 3 is 2.78 bits per heavy atom. The fourth-order valence-electron chi connectivity index (χ4n) is 1.63. The molecule has 5 heteroatoms. The summed E-state index contributed by atoms with van der Waals surface area (Å²) in [6.07, 6.45) is 2.22. The minimum Gasteiger partial charge on any atom is -0.370 e. The van der Waals surface area contributed by atoms with Crippen molar-refractivity contribution in [3.05, 3.63) is 22.2 Å². The molecule has 1 rings (SSSR count). The molecular weight excluding hydrogens is 228 g/mol. The zero-order valence-electron chi connectivity index (χ0n) is 11.8. The van der Waals surface area contributed by atoms with Gasteiger partial charge in [0.1, 0.15) is 11.6 Å². The first-order chi connectivity index (χ1) is 8.49. The normalized spacial score (nSPS) is 11.2. The highest BCUT2D eigenvalue weighted by Crippen LogP contribution is 2.01. The van der Waals surface area contributed by atoms with E-state index in [4.69, 9.17) is 0 Å². The second-order valence-corrected chi connectivity index (χ2v) is 4.92. The third-order valence-corrected chi connectivity index (χ3v) is 2.99. The van der Waals surface area contributed by atoms with Gasteiger partial charge in [0.2, 0.25) is 0 Å². The molecule has 0 saturated carbocycles. The van der Waals surface area contributed by atoms with Crippen LogP contribution in [0.4, 0.5) is 5.82 Å². The van der Waals surface area contributed by atoms with E-state index >= 15 is 0 Å². The fraction of sp³-hybridized carbons (Fsp3) is 0.692. The molecule has 0 aliphatic heterocycles. The Kier molecular flexibility index (Phi) is 5.85. The SMILES string of the molecule is Cc1nc(NCCCCN(C)C(C)C)cc(=O)[nH]1. The Bertz CT molecular complexity index is 414. The van der Waals surface area contributed by atoms with Crippen LogP contribution < -0.4 is 10.9 Å². The highest BCUT2D eigenvalue weighted by atomic mass is 16.1. The lowest BCUT2D eigenvalue weighted by atomic mass is 10.2. The summed E-state index contributed by atoms with van der Waals surface area (Å²) in [5, 5.41) is 3.18. The van der Waals surface area contributed by atoms with Gasteiger partial charge >= 0.3 is 0 Å². The Labute approximate surface area is 109 Å². The predicted octanol–water partition coefficient (Wildman–Crippen LogP) is 1.61. The smallest absolute Gasteiger partial charge is 0.252 e. The Morgan fingerprint density at radius 1 is 1.44 bits per heavy atom. The molecule has 1 aromatic rings. The number of aryl methyl sites for hydroxylation is 1. The minimum absolute atomic E-state index is 0.107. The molecule has 0 aromatic carbocycles. The summed E-state index contributed by atoms with van der Waals surface area (Å²) >= 11 is 0. The maximum absolute atomic E-state index is 11.2. The van der Waals surface area contributed by atoms with Crippen molar-refractivity contribution in [1.29, 1.82) is 0 Å². The van der Waals surface area contributed by atoms with E-state index in [0.717, 1.165) is 25.9 Å². The number of nitrogens with zero attached hydrogens (tertiary/aromatic N) is 2. The fourth-order valence-corrected chi connectivity index (χ4v) is 1.63. The molecule has 0 fully saturated rings. The summed E-state index contributed by atoms with van der Waals surface area (Å²) in [6.45, 7) is 8.12. The van der Waals surface area contributed by atoms with Crippen molar-refractivity contribution in [2.75, 3.05) is 25.5 Å². The van der Waals surface area contributed by atoms with Gasteiger partial charge in [0, 0.05) is 18.7 Å². The van der Waals surface area contributed by atoms with E-state index < -0.39 is 0 Å². The Morgan fingerprint density at radius 2 is 2.17 bits per heavy atom. The number of hydrogen-bond donors (Lipinski definition) is 2. The molecule has 0 radical (unpaired) electrons. The number of H-pyrrole nitrogens is 1. The topological polar surface area (TPSA) is 61.0 Å². The molecule has 0 aliphatic rings. The first-order valence-electron chi connectivity index (χ1n) is 6.51. The van der Waals surface area contributed by atoms with Gasteiger partial charge in [0.25, 0.3) is 5.56 Å². The number of unbranched alkanes of at least 4 members (excludes halogenated alkanes) is 1. The average Bonchev–Trinajstić information content (AvgIpc) is 2.26. The van der Waals surface area contributed by atoms with Crippen molar-refractivity contribution in [2.45, 2.75) is 39.7 Å². The molecule has 18 heavy (non-hydrogen) atoms. The molecule has 0 saturated heterocycles. The summed E-state index contributed by atoms with van der Waals surface area (Å²) in [5.41, 5.74) is -0.107. The van der Waals surface area contributed by atoms with Gasteiger partial charge in [-0.15, -0.1) is 0 Å². The van der Waals surface area contributed by atoms with E-state index in [2.05, 4.69) is 41.1 Å². The van der Waals surface area contributed by atoms with Crippen LogP contribution in [0.2, 0.25) is 0 Å². The lowest BCUT2D eigenvalue weighted by Crippen LogP contribution is -2.27. The van der Waals surface area contributed by atoms with Crippen LogP contribution in [0.15, 0.2) is 10.9 Å². The number of rotatable bonds is 7. The first kappa shape index (κ1) is 14.7. The van der Waals surface area contributed by atoms with Gasteiger partial charge < -0.3 is 15.2 Å². The number of anilines is 1. The molecule has 0 amide bonds. The number of nitrogens with one attached hydrogen (secondary N) is 2. The first-order valence-corrected chi connectivity index (χ1v) is 6.51. The van der Waals surface area contributed by atoms with Crippen molar-refractivity contribution in [3.63, 3.8) is 0 Å². The van der Waals surface area contributed by atoms with Crippen LogP contribution in [0.1, 0.15) is 32.5 Å². The molecule has 0 aliphatic carbocycles. The van der Waals surface area contributed by atoms with Gasteiger partial charge in [-0.05, 0) is 47.2 Å². The van der Waals surface area contributed by atoms with Crippen molar-refractivity contribution >= 4 is 5.82 Å². The van der Waals surface area contributed by atoms with Crippen LogP contribution in [0.3, 0.4) is 0 Å². The zero-order chi connectivity index (χ0) is 13.5. The van der Waals surface area contributed by atoms with Crippen molar-refractivity contribution in [1.82, 2.24) is 14.9 Å². The van der Waals surface area contributed by atoms with Gasteiger partial charge in [0.05, 0.1) is 0 Å². The van der Waals surface area contributed by atoms with Gasteiger partial charge in [-0.2, -0.15) is 0 Å². The highest BCUT2D eigenvalue weighted by molar-refractivity contribution is 5.32. The third kappa shape index (κ3) is 5.31. The summed E-state index contributed by atoms with van der Waals surface area (Å²) in [4.78, 5) is 20.4. The minimum atomic E-state index is -0.107. The molecule has 0 atom stereocenters. The van der Waals surface area contributed by atoms with Crippen LogP contribution in [-0.4, -0.2) is 41.0 Å². The number of aromatic amines is 1. The lowest BCUT2D eigenvalue weighted by Gasteiger charge is -2.20. The van der Waals surface area contributed by atoms with Crippen LogP contribution in [0.5, 0.6) is 0 Å². The van der Waals surface area contributed by atoms with E-state index in [0.29, 0.717) is 17.7 Å². The molecule has 102 valence electrons. The van der Waals surface area contributed by atoms with E-state index in [9.17, 15) is 4.79 Å². The van der Waals surface area contributed by atoms with E-state index in [-0.39, 0.29) is 5.56 Å². The molecule has 1 heterocycles. The Hall–Kier alpha value is -1.36. The summed E-state index contributed by atoms with van der Waals surface area (Å²) in [5.74, 6) is 1.30. The van der Waals surface area contributed by atoms with Crippen LogP contribution in [0, 0.1) is 6.92 Å². The lowest BCUT2D eigenvalue weighted by molar-refractivity contribution is 0.269. The maximum atomic E-state index is 11.2. The van der Waals surface area contributed by atoms with Crippen LogP contribution in [0.25, 0.3) is 0 Å². The molecule has 0 spiro atoms. The van der Waals surface area contributed by atoms with E-state index in [1.165, 1.54) is 6.07 Å². The van der Waals surface area contributed by atoms with Gasteiger partial charge in [-0.1, -0.05) is 0 Å². The van der Waals surface area contributed by atoms with Crippen LogP contribution in [-0.2, 0) is 0 Å². The van der Waals surface area contributed by atoms with Crippen molar-refractivity contribution < 1.29 is 0 Å². The predicted molar refractivity (Wildman–Crippen MR) is 75.1 cm³/mol. The monoisotopic (exact) mass is 252 g/mol. The quantitative estimate of drug-likeness (QED) is 0.724. The molecular formula is C13H24N4O. The van der Waals surface area contributed by atoms with E-state index in [1.807, 2.05) is 0 Å². The van der Waals surface area contributed by atoms with E-state index in [1.54, 1.807) is 6.92 Å². The molecule has 2 N–H and O–H groups in total. The summed E-state index contributed by atoms with van der Waals surface area (Å²) in [7, 11) is 2.14. The average molecular weight is 252 g/mol. The standard InChI is InChI=1S/C13H24N4O/c1-10(2)17(4)8-6-5-7-14-12-9-13(18)16-11(3)15-12/h9-10H,5-8H2,1-4H3,(H2,14,15,16,18). The van der Waals surface area contributed by atoms with Gasteiger partial charge in [0.15, 0.2) is 0 Å². The van der Waals surface area contributed by atoms with Crippen LogP contribution >= 0.6 is 0 Å². The highest BCUT2D eigenvalue weighted by Gasteiger charge is 2.02. The molecule has 1 aromatic heterocycles. The van der Waals surface area contributed by atoms with Gasteiger partial charge in [-0.3, -0.25) is 4.79 Å². The third-order valence-electron chi connectivity index (χ3n) is 2.99. The summed E-state index contributed by atoms with van der Waals surface area (Å²) < 4.78 is 0. The van der Waals surface area contributed by atoms with Gasteiger partial charge in [-0.25, -0.2) is 4.98 Å². The van der Waals surface area contributed by atoms with Crippen molar-refractivity contribution in [3.8, 4) is 0 Å². The number of aromatic nitrogens is 2.